The number of benzene rings is 1. The number of rotatable bonds is 2. The highest BCUT2D eigenvalue weighted by atomic mass is 35.5. The standard InChI is InChI=1S/C11H8ClN3O2/c12-9-6-13-7-10(14-9)15(11(16)17)8-4-2-1-3-5-8/h1-7H,(H,16,17). The van der Waals surface area contributed by atoms with Gasteiger partial charge in [0, 0.05) is 0 Å². The van der Waals surface area contributed by atoms with Crippen molar-refractivity contribution in [2.75, 3.05) is 4.90 Å². The predicted molar refractivity (Wildman–Crippen MR) is 63.6 cm³/mol. The summed E-state index contributed by atoms with van der Waals surface area (Å²) in [6, 6.07) is 8.60. The van der Waals surface area contributed by atoms with E-state index in [0.717, 1.165) is 4.90 Å². The van der Waals surface area contributed by atoms with Crippen LogP contribution in [0, 0.1) is 0 Å². The van der Waals surface area contributed by atoms with Crippen LogP contribution in [0.4, 0.5) is 16.3 Å². The van der Waals surface area contributed by atoms with E-state index in [9.17, 15) is 9.90 Å². The number of hydrogen-bond acceptors (Lipinski definition) is 3. The second kappa shape index (κ2) is 4.80. The lowest BCUT2D eigenvalue weighted by molar-refractivity contribution is 0.204. The number of carbonyl (C=O) groups is 1. The van der Waals surface area contributed by atoms with Gasteiger partial charge in [0.2, 0.25) is 0 Å². The van der Waals surface area contributed by atoms with Gasteiger partial charge in [-0.15, -0.1) is 0 Å². The molecule has 17 heavy (non-hydrogen) atoms. The third-order valence-electron chi connectivity index (χ3n) is 2.03. The molecule has 0 bridgehead atoms. The first-order chi connectivity index (χ1) is 8.18. The molecule has 2 rings (SSSR count). The maximum absolute atomic E-state index is 11.2. The zero-order chi connectivity index (χ0) is 12.3. The molecule has 0 spiro atoms. The molecule has 6 heteroatoms. The molecule has 0 atom stereocenters. The first-order valence-corrected chi connectivity index (χ1v) is 5.12. The van der Waals surface area contributed by atoms with Crippen LogP contribution >= 0.6 is 11.6 Å². The second-order valence-corrected chi connectivity index (χ2v) is 3.54. The Bertz CT molecular complexity index is 533. The zero-order valence-electron chi connectivity index (χ0n) is 8.62. The van der Waals surface area contributed by atoms with E-state index in [1.165, 1.54) is 12.4 Å². The maximum atomic E-state index is 11.2. The quantitative estimate of drug-likeness (QED) is 0.889. The van der Waals surface area contributed by atoms with Gasteiger partial charge in [0.1, 0.15) is 5.15 Å². The molecule has 1 aromatic carbocycles. The fourth-order valence-electron chi connectivity index (χ4n) is 1.36. The Balaban J connectivity index is 2.47. The third kappa shape index (κ3) is 2.51. The van der Waals surface area contributed by atoms with Gasteiger partial charge in [-0.2, -0.15) is 0 Å². The minimum Gasteiger partial charge on any atom is -0.464 e. The van der Waals surface area contributed by atoms with Crippen molar-refractivity contribution in [1.29, 1.82) is 0 Å². The molecule has 0 aliphatic rings. The number of halogens is 1. The number of hydrogen-bond donors (Lipinski definition) is 1. The highest BCUT2D eigenvalue weighted by Crippen LogP contribution is 2.23. The Morgan fingerprint density at radius 3 is 2.53 bits per heavy atom. The van der Waals surface area contributed by atoms with E-state index < -0.39 is 6.09 Å². The summed E-state index contributed by atoms with van der Waals surface area (Å²) < 4.78 is 0. The number of anilines is 2. The fraction of sp³-hybridized carbons (Fsp3) is 0. The van der Waals surface area contributed by atoms with Crippen molar-refractivity contribution < 1.29 is 9.90 Å². The number of amides is 1. The van der Waals surface area contributed by atoms with Gasteiger partial charge in [0.25, 0.3) is 0 Å². The number of nitrogens with zero attached hydrogens (tertiary/aromatic N) is 3. The van der Waals surface area contributed by atoms with E-state index >= 15 is 0 Å². The molecule has 0 saturated heterocycles. The summed E-state index contributed by atoms with van der Waals surface area (Å²) in [6.07, 6.45) is 1.54. The molecule has 0 fully saturated rings. The van der Waals surface area contributed by atoms with Crippen LogP contribution in [0.5, 0.6) is 0 Å². The summed E-state index contributed by atoms with van der Waals surface area (Å²) in [5.74, 6) is 0.163. The molecule has 2 aromatic rings. The molecule has 86 valence electrons. The minimum atomic E-state index is -1.15. The molecular weight excluding hydrogens is 242 g/mol. The van der Waals surface area contributed by atoms with Crippen LogP contribution in [0.3, 0.4) is 0 Å². The lowest BCUT2D eigenvalue weighted by Gasteiger charge is -2.17. The molecule has 1 amide bonds. The van der Waals surface area contributed by atoms with Gasteiger partial charge in [-0.3, -0.25) is 4.98 Å². The van der Waals surface area contributed by atoms with Crippen LogP contribution in [0.25, 0.3) is 0 Å². The first kappa shape index (κ1) is 11.3. The van der Waals surface area contributed by atoms with Crippen molar-refractivity contribution >= 4 is 29.2 Å². The van der Waals surface area contributed by atoms with Gasteiger partial charge < -0.3 is 5.11 Å². The summed E-state index contributed by atoms with van der Waals surface area (Å²) in [7, 11) is 0. The van der Waals surface area contributed by atoms with Gasteiger partial charge in [0.05, 0.1) is 18.1 Å². The Morgan fingerprint density at radius 2 is 1.94 bits per heavy atom. The SMILES string of the molecule is O=C(O)N(c1ccccc1)c1cncc(Cl)n1. The highest BCUT2D eigenvalue weighted by molar-refractivity contribution is 6.29. The summed E-state index contributed by atoms with van der Waals surface area (Å²) in [4.78, 5) is 20.0. The smallest absolute Gasteiger partial charge is 0.417 e. The van der Waals surface area contributed by atoms with Crippen LogP contribution in [0.2, 0.25) is 5.15 Å². The second-order valence-electron chi connectivity index (χ2n) is 3.15. The average Bonchev–Trinajstić information content (AvgIpc) is 2.30. The van der Waals surface area contributed by atoms with E-state index in [4.69, 9.17) is 11.6 Å². The molecule has 0 radical (unpaired) electrons. The molecule has 0 unspecified atom stereocenters. The highest BCUT2D eigenvalue weighted by Gasteiger charge is 2.18. The molecule has 1 N–H and O–H groups in total. The van der Waals surface area contributed by atoms with Crippen LogP contribution in [0.15, 0.2) is 42.7 Å². The van der Waals surface area contributed by atoms with Gasteiger partial charge in [-0.05, 0) is 12.1 Å². The van der Waals surface area contributed by atoms with Gasteiger partial charge in [-0.1, -0.05) is 29.8 Å². The molecule has 5 nitrogen and oxygen atoms in total. The van der Waals surface area contributed by atoms with Gasteiger partial charge >= 0.3 is 6.09 Å². The van der Waals surface area contributed by atoms with Gasteiger partial charge in [-0.25, -0.2) is 14.7 Å². The first-order valence-electron chi connectivity index (χ1n) is 4.74. The number of para-hydroxylation sites is 1. The summed E-state index contributed by atoms with van der Waals surface area (Å²) in [5.41, 5.74) is 0.483. The fourth-order valence-corrected chi connectivity index (χ4v) is 1.50. The number of aromatic nitrogens is 2. The van der Waals surface area contributed by atoms with E-state index in [2.05, 4.69) is 9.97 Å². The predicted octanol–water partition coefficient (Wildman–Crippen LogP) is 2.95. The lowest BCUT2D eigenvalue weighted by atomic mass is 10.3. The van der Waals surface area contributed by atoms with Crippen LogP contribution in [-0.2, 0) is 0 Å². The topological polar surface area (TPSA) is 66.3 Å². The molecular formula is C11H8ClN3O2. The third-order valence-corrected chi connectivity index (χ3v) is 2.21. The summed E-state index contributed by atoms with van der Waals surface area (Å²) in [5, 5.41) is 9.33. The van der Waals surface area contributed by atoms with E-state index in [-0.39, 0.29) is 11.0 Å². The van der Waals surface area contributed by atoms with Crippen LogP contribution in [0.1, 0.15) is 0 Å². The molecule has 0 saturated carbocycles. The van der Waals surface area contributed by atoms with Crippen molar-refractivity contribution in [3.63, 3.8) is 0 Å². The minimum absolute atomic E-state index is 0.143. The van der Waals surface area contributed by atoms with Crippen molar-refractivity contribution in [3.05, 3.63) is 47.9 Å². The summed E-state index contributed by atoms with van der Waals surface area (Å²) >= 11 is 5.69. The summed E-state index contributed by atoms with van der Waals surface area (Å²) in [6.45, 7) is 0. The van der Waals surface area contributed by atoms with Crippen molar-refractivity contribution in [2.24, 2.45) is 0 Å². The average molecular weight is 250 g/mol. The maximum Gasteiger partial charge on any atom is 0.417 e. The van der Waals surface area contributed by atoms with E-state index in [0.29, 0.717) is 5.69 Å². The molecule has 1 heterocycles. The lowest BCUT2D eigenvalue weighted by Crippen LogP contribution is -2.24. The Hall–Kier alpha value is -2.14. The van der Waals surface area contributed by atoms with Crippen molar-refractivity contribution in [2.45, 2.75) is 0 Å². The van der Waals surface area contributed by atoms with Crippen molar-refractivity contribution in [3.8, 4) is 0 Å². The molecule has 0 aliphatic carbocycles. The zero-order valence-corrected chi connectivity index (χ0v) is 9.37. The van der Waals surface area contributed by atoms with Crippen LogP contribution in [-0.4, -0.2) is 21.2 Å². The monoisotopic (exact) mass is 249 g/mol. The van der Waals surface area contributed by atoms with Crippen LogP contribution < -0.4 is 4.90 Å². The Labute approximate surface area is 102 Å². The molecule has 0 aliphatic heterocycles. The van der Waals surface area contributed by atoms with E-state index in [1.807, 2.05) is 0 Å². The van der Waals surface area contributed by atoms with Crippen molar-refractivity contribution in [1.82, 2.24) is 9.97 Å². The Kier molecular flexibility index (Phi) is 3.20. The normalized spacial score (nSPS) is 9.94. The Morgan fingerprint density at radius 1 is 1.24 bits per heavy atom. The largest absolute Gasteiger partial charge is 0.464 e. The number of carboxylic acid groups (broad SMARTS) is 1. The van der Waals surface area contributed by atoms with Gasteiger partial charge in [0.15, 0.2) is 5.82 Å². The molecule has 1 aromatic heterocycles. The van der Waals surface area contributed by atoms with E-state index in [1.54, 1.807) is 30.3 Å².